The van der Waals surface area contributed by atoms with Gasteiger partial charge in [0, 0.05) is 19.2 Å². The summed E-state index contributed by atoms with van der Waals surface area (Å²) in [6.07, 6.45) is 1.72. The van der Waals surface area contributed by atoms with Gasteiger partial charge in [0.1, 0.15) is 5.82 Å². The van der Waals surface area contributed by atoms with Gasteiger partial charge in [-0.15, -0.1) is 5.10 Å². The number of nitrogens with zero attached hydrogens (tertiary/aromatic N) is 3. The highest BCUT2D eigenvalue weighted by Gasteiger charge is 2.18. The average Bonchev–Trinajstić information content (AvgIpc) is 2.94. The maximum atomic E-state index is 12.2. The van der Waals surface area contributed by atoms with Gasteiger partial charge < -0.3 is 4.90 Å². The Hall–Kier alpha value is -2.17. The van der Waals surface area contributed by atoms with Crippen molar-refractivity contribution in [3.05, 3.63) is 41.5 Å². The maximum absolute atomic E-state index is 12.2. The Bertz CT molecular complexity index is 559. The van der Waals surface area contributed by atoms with E-state index in [0.717, 1.165) is 24.4 Å². The van der Waals surface area contributed by atoms with Gasteiger partial charge in [0.2, 0.25) is 5.82 Å². The fourth-order valence-electron chi connectivity index (χ4n) is 1.77. The molecule has 0 saturated heterocycles. The molecule has 5 heteroatoms. The van der Waals surface area contributed by atoms with Crippen molar-refractivity contribution >= 4 is 11.6 Å². The lowest BCUT2D eigenvalue weighted by Crippen LogP contribution is -2.27. The number of nitrogens with one attached hydrogen (secondary N) is 1. The van der Waals surface area contributed by atoms with Crippen molar-refractivity contribution in [1.82, 2.24) is 15.2 Å². The fraction of sp³-hybridized carbons (Fsp3) is 0.357. The van der Waals surface area contributed by atoms with Crippen LogP contribution < -0.4 is 4.90 Å². The Morgan fingerprint density at radius 2 is 1.89 bits per heavy atom. The predicted molar refractivity (Wildman–Crippen MR) is 74.3 cm³/mol. The fourth-order valence-corrected chi connectivity index (χ4v) is 1.77. The lowest BCUT2D eigenvalue weighted by molar-refractivity contribution is 0.0983. The summed E-state index contributed by atoms with van der Waals surface area (Å²) >= 11 is 0. The molecule has 0 spiro atoms. The van der Waals surface area contributed by atoms with Crippen molar-refractivity contribution in [1.29, 1.82) is 0 Å². The largest absolute Gasteiger partial charge is 0.309 e. The van der Waals surface area contributed by atoms with Crippen LogP contribution >= 0.6 is 0 Å². The SMILES string of the molecule is CCc1ccc(N(C)C(=O)c2n[nH]c(CC)n2)cc1. The van der Waals surface area contributed by atoms with Crippen molar-refractivity contribution in [2.45, 2.75) is 26.7 Å². The molecule has 0 atom stereocenters. The summed E-state index contributed by atoms with van der Waals surface area (Å²) in [7, 11) is 1.73. The molecular weight excluding hydrogens is 240 g/mol. The highest BCUT2D eigenvalue weighted by atomic mass is 16.2. The first-order valence-corrected chi connectivity index (χ1v) is 6.44. The number of rotatable bonds is 4. The molecule has 0 bridgehead atoms. The van der Waals surface area contributed by atoms with Gasteiger partial charge in [0.25, 0.3) is 5.91 Å². The van der Waals surface area contributed by atoms with E-state index in [0.29, 0.717) is 0 Å². The van der Waals surface area contributed by atoms with E-state index in [1.54, 1.807) is 11.9 Å². The van der Waals surface area contributed by atoms with Crippen LogP contribution in [0.4, 0.5) is 5.69 Å². The van der Waals surface area contributed by atoms with E-state index in [1.807, 2.05) is 31.2 Å². The molecule has 0 radical (unpaired) electrons. The van der Waals surface area contributed by atoms with E-state index >= 15 is 0 Å². The van der Waals surface area contributed by atoms with Crippen molar-refractivity contribution in [2.75, 3.05) is 11.9 Å². The third kappa shape index (κ3) is 2.81. The van der Waals surface area contributed by atoms with Crippen LogP contribution in [-0.4, -0.2) is 28.1 Å². The normalized spacial score (nSPS) is 10.5. The highest BCUT2D eigenvalue weighted by molar-refractivity contribution is 6.03. The van der Waals surface area contributed by atoms with E-state index in [1.165, 1.54) is 5.56 Å². The molecule has 0 aliphatic heterocycles. The Morgan fingerprint density at radius 1 is 1.21 bits per heavy atom. The van der Waals surface area contributed by atoms with Gasteiger partial charge in [-0.25, -0.2) is 4.98 Å². The van der Waals surface area contributed by atoms with Gasteiger partial charge in [-0.05, 0) is 24.1 Å². The third-order valence-electron chi connectivity index (χ3n) is 3.09. The number of aromatic nitrogens is 3. The van der Waals surface area contributed by atoms with Crippen LogP contribution in [0.5, 0.6) is 0 Å². The molecule has 0 unspecified atom stereocenters. The van der Waals surface area contributed by atoms with Gasteiger partial charge in [-0.1, -0.05) is 26.0 Å². The smallest absolute Gasteiger partial charge is 0.297 e. The van der Waals surface area contributed by atoms with Gasteiger partial charge in [-0.3, -0.25) is 9.89 Å². The highest BCUT2D eigenvalue weighted by Crippen LogP contribution is 2.15. The summed E-state index contributed by atoms with van der Waals surface area (Å²) in [6.45, 7) is 4.06. The second-order valence-corrected chi connectivity index (χ2v) is 4.34. The summed E-state index contributed by atoms with van der Waals surface area (Å²) in [4.78, 5) is 17.9. The zero-order valence-corrected chi connectivity index (χ0v) is 11.5. The number of carbonyl (C=O) groups is 1. The number of aryl methyl sites for hydroxylation is 2. The molecule has 1 N–H and O–H groups in total. The minimum Gasteiger partial charge on any atom is -0.309 e. The van der Waals surface area contributed by atoms with Crippen LogP contribution in [0.15, 0.2) is 24.3 Å². The van der Waals surface area contributed by atoms with Crippen LogP contribution in [0.25, 0.3) is 0 Å². The van der Waals surface area contributed by atoms with Crippen molar-refractivity contribution in [2.24, 2.45) is 0 Å². The van der Waals surface area contributed by atoms with Crippen LogP contribution in [0, 0.1) is 0 Å². The van der Waals surface area contributed by atoms with Crippen LogP contribution in [0.2, 0.25) is 0 Å². The molecule has 2 rings (SSSR count). The molecule has 100 valence electrons. The molecule has 0 saturated carbocycles. The quantitative estimate of drug-likeness (QED) is 0.914. The van der Waals surface area contributed by atoms with Crippen molar-refractivity contribution in [3.8, 4) is 0 Å². The Morgan fingerprint density at radius 3 is 2.42 bits per heavy atom. The van der Waals surface area contributed by atoms with E-state index in [2.05, 4.69) is 22.1 Å². The topological polar surface area (TPSA) is 61.9 Å². The first kappa shape index (κ1) is 13.3. The van der Waals surface area contributed by atoms with Gasteiger partial charge in [-0.2, -0.15) is 0 Å². The van der Waals surface area contributed by atoms with Crippen LogP contribution in [0.1, 0.15) is 35.9 Å². The molecule has 1 amide bonds. The maximum Gasteiger partial charge on any atom is 0.297 e. The minimum atomic E-state index is -0.208. The molecule has 0 fully saturated rings. The molecule has 0 aliphatic rings. The first-order valence-electron chi connectivity index (χ1n) is 6.44. The van der Waals surface area contributed by atoms with Crippen molar-refractivity contribution in [3.63, 3.8) is 0 Å². The third-order valence-corrected chi connectivity index (χ3v) is 3.09. The summed E-state index contributed by atoms with van der Waals surface area (Å²) in [5, 5.41) is 6.69. The Kier molecular flexibility index (Phi) is 3.94. The number of amides is 1. The minimum absolute atomic E-state index is 0.207. The molecule has 1 aromatic carbocycles. The lowest BCUT2D eigenvalue weighted by atomic mass is 10.1. The number of carbonyl (C=O) groups excluding carboxylic acids is 1. The molecule has 1 heterocycles. The van der Waals surface area contributed by atoms with Crippen LogP contribution in [0.3, 0.4) is 0 Å². The summed E-state index contributed by atoms with van der Waals surface area (Å²) in [5.74, 6) is 0.720. The zero-order chi connectivity index (χ0) is 13.8. The monoisotopic (exact) mass is 258 g/mol. The molecule has 0 aliphatic carbocycles. The summed E-state index contributed by atoms with van der Waals surface area (Å²) in [5.41, 5.74) is 2.08. The second-order valence-electron chi connectivity index (χ2n) is 4.34. The number of anilines is 1. The lowest BCUT2D eigenvalue weighted by Gasteiger charge is -2.15. The molecular formula is C14H18N4O. The molecule has 5 nitrogen and oxygen atoms in total. The Labute approximate surface area is 112 Å². The van der Waals surface area contributed by atoms with Gasteiger partial charge in [0.05, 0.1) is 0 Å². The molecule has 2 aromatic rings. The predicted octanol–water partition coefficient (Wildman–Crippen LogP) is 2.21. The van der Waals surface area contributed by atoms with E-state index < -0.39 is 0 Å². The number of benzene rings is 1. The summed E-state index contributed by atoms with van der Waals surface area (Å²) < 4.78 is 0. The van der Waals surface area contributed by atoms with Gasteiger partial charge in [0.15, 0.2) is 0 Å². The number of H-pyrrole nitrogens is 1. The Balaban J connectivity index is 2.17. The summed E-state index contributed by atoms with van der Waals surface area (Å²) in [6, 6.07) is 7.91. The van der Waals surface area contributed by atoms with E-state index in [9.17, 15) is 4.79 Å². The molecule has 1 aromatic heterocycles. The standard InChI is InChI=1S/C14H18N4O/c1-4-10-6-8-11(9-7-10)18(3)14(19)13-15-12(5-2)16-17-13/h6-9H,4-5H2,1-3H3,(H,15,16,17). The van der Waals surface area contributed by atoms with E-state index in [-0.39, 0.29) is 11.7 Å². The zero-order valence-electron chi connectivity index (χ0n) is 11.5. The number of aromatic amines is 1. The van der Waals surface area contributed by atoms with E-state index in [4.69, 9.17) is 0 Å². The number of hydrogen-bond donors (Lipinski definition) is 1. The second kappa shape index (κ2) is 5.65. The average molecular weight is 258 g/mol. The number of hydrogen-bond acceptors (Lipinski definition) is 3. The first-order chi connectivity index (χ1) is 9.15. The van der Waals surface area contributed by atoms with Crippen LogP contribution in [-0.2, 0) is 12.8 Å². The molecule has 19 heavy (non-hydrogen) atoms. The van der Waals surface area contributed by atoms with Crippen molar-refractivity contribution < 1.29 is 4.79 Å². The van der Waals surface area contributed by atoms with Gasteiger partial charge >= 0.3 is 0 Å².